The highest BCUT2D eigenvalue weighted by Crippen LogP contribution is 2.32. The Morgan fingerprint density at radius 2 is 1.61 bits per heavy atom. The van der Waals surface area contributed by atoms with Crippen LogP contribution in [0.2, 0.25) is 0 Å². The summed E-state index contributed by atoms with van der Waals surface area (Å²) in [6.45, 7) is 4.28. The summed E-state index contributed by atoms with van der Waals surface area (Å²) in [5, 5.41) is 0. The average Bonchev–Trinajstić information content (AvgIpc) is 2.54. The highest BCUT2D eigenvalue weighted by atomic mass is 16.5. The van der Waals surface area contributed by atoms with Crippen molar-refractivity contribution in [1.29, 1.82) is 0 Å². The van der Waals surface area contributed by atoms with Crippen molar-refractivity contribution < 1.29 is 4.74 Å². The molecule has 0 spiro atoms. The van der Waals surface area contributed by atoms with Gasteiger partial charge in [0.05, 0.1) is 0 Å². The highest BCUT2D eigenvalue weighted by Gasteiger charge is 2.18. The van der Waals surface area contributed by atoms with E-state index >= 15 is 0 Å². The maximum Gasteiger partial charge on any atom is 0.130 e. The van der Waals surface area contributed by atoms with Crippen LogP contribution in [-0.2, 0) is 25.9 Å². The maximum atomic E-state index is 6.28. The predicted octanol–water partition coefficient (Wildman–Crippen LogP) is 3.45. The summed E-state index contributed by atoms with van der Waals surface area (Å²) in [6.07, 6.45) is 2.20. The summed E-state index contributed by atoms with van der Waals surface area (Å²) in [7, 11) is 4.36. The number of rotatable bonds is 2. The van der Waals surface area contributed by atoms with E-state index in [4.69, 9.17) is 4.74 Å². The Morgan fingerprint density at radius 1 is 0.826 bits per heavy atom. The predicted molar refractivity (Wildman–Crippen MR) is 93.0 cm³/mol. The normalized spacial score (nSPS) is 18.3. The second-order valence-corrected chi connectivity index (χ2v) is 6.90. The fourth-order valence-electron chi connectivity index (χ4n) is 3.68. The first-order chi connectivity index (χ1) is 11.2. The standard InChI is InChI=1S/C20H24N2O/c1-21-10-8-15-6-7-18(12-17(15)14-21)23-20-5-3-4-16-13-22(2)11-9-19(16)20/h3-7,12H,8-11,13-14H2,1-2H3. The molecule has 0 atom stereocenters. The molecule has 2 heterocycles. The van der Waals surface area contributed by atoms with Crippen molar-refractivity contribution in [3.05, 3.63) is 58.7 Å². The van der Waals surface area contributed by atoms with Crippen molar-refractivity contribution in [2.45, 2.75) is 25.9 Å². The Kier molecular flexibility index (Phi) is 3.83. The van der Waals surface area contributed by atoms with E-state index in [1.54, 1.807) is 0 Å². The largest absolute Gasteiger partial charge is 0.457 e. The van der Waals surface area contributed by atoms with E-state index in [0.29, 0.717) is 0 Å². The van der Waals surface area contributed by atoms with E-state index in [2.05, 4.69) is 60.3 Å². The number of benzene rings is 2. The van der Waals surface area contributed by atoms with Crippen LogP contribution in [-0.4, -0.2) is 37.0 Å². The molecule has 0 amide bonds. The number of hydrogen-bond acceptors (Lipinski definition) is 3. The summed E-state index contributed by atoms with van der Waals surface area (Å²) in [4.78, 5) is 4.73. The maximum absolute atomic E-state index is 6.28. The van der Waals surface area contributed by atoms with Crippen molar-refractivity contribution in [2.24, 2.45) is 0 Å². The van der Waals surface area contributed by atoms with Crippen LogP contribution in [0.15, 0.2) is 36.4 Å². The zero-order chi connectivity index (χ0) is 15.8. The van der Waals surface area contributed by atoms with Gasteiger partial charge >= 0.3 is 0 Å². The summed E-state index contributed by atoms with van der Waals surface area (Å²) in [6, 6.07) is 13.0. The minimum Gasteiger partial charge on any atom is -0.457 e. The number of likely N-dealkylation sites (N-methyl/N-ethyl adjacent to an activating group) is 2. The van der Waals surface area contributed by atoms with Crippen molar-refractivity contribution in [2.75, 3.05) is 27.2 Å². The number of hydrogen-bond donors (Lipinski definition) is 0. The van der Waals surface area contributed by atoms with Gasteiger partial charge in [0.2, 0.25) is 0 Å². The topological polar surface area (TPSA) is 15.7 Å². The zero-order valence-electron chi connectivity index (χ0n) is 14.0. The summed E-state index contributed by atoms with van der Waals surface area (Å²) in [5.41, 5.74) is 5.64. The Labute approximate surface area is 138 Å². The van der Waals surface area contributed by atoms with Crippen LogP contribution in [0.3, 0.4) is 0 Å². The number of fused-ring (bicyclic) bond motifs is 2. The van der Waals surface area contributed by atoms with Crippen LogP contribution in [0, 0.1) is 0 Å². The lowest BCUT2D eigenvalue weighted by Crippen LogP contribution is -2.27. The van der Waals surface area contributed by atoms with Gasteiger partial charge in [-0.05, 0) is 61.8 Å². The molecule has 4 rings (SSSR count). The SMILES string of the molecule is CN1CCc2ccc(Oc3cccc4c3CCN(C)C4)cc2C1. The minimum absolute atomic E-state index is 0.964. The first kappa shape index (κ1) is 14.7. The molecule has 2 aromatic rings. The van der Waals surface area contributed by atoms with E-state index in [0.717, 1.165) is 50.5 Å². The molecule has 0 fully saturated rings. The molecule has 2 aliphatic rings. The van der Waals surface area contributed by atoms with Gasteiger partial charge in [0, 0.05) is 31.7 Å². The van der Waals surface area contributed by atoms with E-state index in [1.807, 2.05) is 0 Å². The molecular weight excluding hydrogens is 284 g/mol. The lowest BCUT2D eigenvalue weighted by Gasteiger charge is -2.27. The molecule has 0 aromatic heterocycles. The van der Waals surface area contributed by atoms with Gasteiger partial charge in [-0.3, -0.25) is 0 Å². The Hall–Kier alpha value is -1.84. The Morgan fingerprint density at radius 3 is 2.48 bits per heavy atom. The second-order valence-electron chi connectivity index (χ2n) is 6.90. The van der Waals surface area contributed by atoms with Crippen molar-refractivity contribution in [3.63, 3.8) is 0 Å². The van der Waals surface area contributed by atoms with E-state index in [9.17, 15) is 0 Å². The zero-order valence-corrected chi connectivity index (χ0v) is 14.0. The number of ether oxygens (including phenoxy) is 1. The first-order valence-corrected chi connectivity index (χ1v) is 8.46. The summed E-state index contributed by atoms with van der Waals surface area (Å²) >= 11 is 0. The van der Waals surface area contributed by atoms with E-state index < -0.39 is 0 Å². The van der Waals surface area contributed by atoms with Crippen LogP contribution >= 0.6 is 0 Å². The van der Waals surface area contributed by atoms with Crippen molar-refractivity contribution in [1.82, 2.24) is 9.80 Å². The molecule has 0 aliphatic carbocycles. The van der Waals surface area contributed by atoms with Gasteiger partial charge in [-0.2, -0.15) is 0 Å². The van der Waals surface area contributed by atoms with Gasteiger partial charge in [-0.1, -0.05) is 18.2 Å². The van der Waals surface area contributed by atoms with Crippen LogP contribution in [0.1, 0.15) is 22.3 Å². The highest BCUT2D eigenvalue weighted by molar-refractivity contribution is 5.45. The molecule has 0 unspecified atom stereocenters. The van der Waals surface area contributed by atoms with Gasteiger partial charge < -0.3 is 14.5 Å². The lowest BCUT2D eigenvalue weighted by atomic mass is 9.98. The minimum atomic E-state index is 0.964. The summed E-state index contributed by atoms with van der Waals surface area (Å²) < 4.78 is 6.28. The van der Waals surface area contributed by atoms with E-state index in [1.165, 1.54) is 22.3 Å². The average molecular weight is 308 g/mol. The lowest BCUT2D eigenvalue weighted by molar-refractivity contribution is 0.308. The third-order valence-electron chi connectivity index (χ3n) is 5.02. The van der Waals surface area contributed by atoms with Gasteiger partial charge in [0.25, 0.3) is 0 Å². The second kappa shape index (κ2) is 5.99. The fourth-order valence-corrected chi connectivity index (χ4v) is 3.68. The van der Waals surface area contributed by atoms with Crippen molar-refractivity contribution >= 4 is 0 Å². The molecule has 0 radical (unpaired) electrons. The van der Waals surface area contributed by atoms with Gasteiger partial charge in [0.1, 0.15) is 11.5 Å². The van der Waals surface area contributed by atoms with Crippen LogP contribution in [0.25, 0.3) is 0 Å². The molecule has 120 valence electrons. The quantitative estimate of drug-likeness (QED) is 0.845. The molecule has 0 saturated heterocycles. The molecule has 0 bridgehead atoms. The van der Waals surface area contributed by atoms with Gasteiger partial charge in [-0.25, -0.2) is 0 Å². The van der Waals surface area contributed by atoms with Gasteiger partial charge in [-0.15, -0.1) is 0 Å². The van der Waals surface area contributed by atoms with Gasteiger partial charge in [0.15, 0.2) is 0 Å². The van der Waals surface area contributed by atoms with Crippen LogP contribution in [0.5, 0.6) is 11.5 Å². The molecule has 2 aromatic carbocycles. The third-order valence-corrected chi connectivity index (χ3v) is 5.02. The molecule has 0 N–H and O–H groups in total. The van der Waals surface area contributed by atoms with Crippen molar-refractivity contribution in [3.8, 4) is 11.5 Å². The third kappa shape index (κ3) is 2.99. The number of nitrogens with zero attached hydrogens (tertiary/aromatic N) is 2. The monoisotopic (exact) mass is 308 g/mol. The fraction of sp³-hybridized carbons (Fsp3) is 0.400. The van der Waals surface area contributed by atoms with Crippen LogP contribution in [0.4, 0.5) is 0 Å². The molecular formula is C20H24N2O. The molecule has 0 saturated carbocycles. The molecule has 2 aliphatic heterocycles. The summed E-state index contributed by atoms with van der Waals surface area (Å²) in [5.74, 6) is 1.99. The Balaban J connectivity index is 1.62. The van der Waals surface area contributed by atoms with Crippen LogP contribution < -0.4 is 4.74 Å². The van der Waals surface area contributed by atoms with E-state index in [-0.39, 0.29) is 0 Å². The molecule has 3 heteroatoms. The Bertz CT molecular complexity index is 726. The first-order valence-electron chi connectivity index (χ1n) is 8.46. The molecule has 23 heavy (non-hydrogen) atoms. The molecule has 3 nitrogen and oxygen atoms in total. The smallest absolute Gasteiger partial charge is 0.130 e.